The summed E-state index contributed by atoms with van der Waals surface area (Å²) in [6.45, 7) is 11.5. The van der Waals surface area contributed by atoms with Gasteiger partial charge in [-0.05, 0) is 61.9 Å². The van der Waals surface area contributed by atoms with Gasteiger partial charge in [-0.15, -0.1) is 6.58 Å². The van der Waals surface area contributed by atoms with Gasteiger partial charge in [0.15, 0.2) is 0 Å². The van der Waals surface area contributed by atoms with E-state index in [2.05, 4.69) is 42.7 Å². The number of halogens is 2. The fourth-order valence-corrected chi connectivity index (χ4v) is 5.20. The molecule has 0 aliphatic carbocycles. The van der Waals surface area contributed by atoms with Crippen molar-refractivity contribution in [2.24, 2.45) is 11.0 Å². The second-order valence-electron chi connectivity index (χ2n) is 11.3. The molecular formula is C35H53Cl2N5O4S. The Balaban J connectivity index is 0.000000714. The number of ether oxygens (including phenoxy) is 1. The molecule has 1 N–H and O–H groups in total. The summed E-state index contributed by atoms with van der Waals surface area (Å²) in [5.74, 6) is 1.28. The van der Waals surface area contributed by atoms with Crippen LogP contribution in [0.4, 0.5) is 5.69 Å². The lowest BCUT2D eigenvalue weighted by Gasteiger charge is -2.40. The highest BCUT2D eigenvalue weighted by molar-refractivity contribution is 8.32. The zero-order valence-electron chi connectivity index (χ0n) is 28.8. The number of anilines is 1. The van der Waals surface area contributed by atoms with Crippen LogP contribution in [0.2, 0.25) is 10.0 Å². The molecule has 47 heavy (non-hydrogen) atoms. The van der Waals surface area contributed by atoms with E-state index in [1.165, 1.54) is 5.01 Å². The second-order valence-corrected chi connectivity index (χ2v) is 16.8. The second kappa shape index (κ2) is 23.3. The monoisotopic (exact) mass is 709 g/mol. The van der Waals surface area contributed by atoms with Crippen molar-refractivity contribution in [2.45, 2.75) is 40.0 Å². The first-order valence-electron chi connectivity index (χ1n) is 15.9. The van der Waals surface area contributed by atoms with Crippen LogP contribution in [-0.2, 0) is 19.1 Å². The van der Waals surface area contributed by atoms with Gasteiger partial charge in [0.2, 0.25) is 12.3 Å². The Morgan fingerprint density at radius 1 is 1.13 bits per heavy atom. The third kappa shape index (κ3) is 16.6. The smallest absolute Gasteiger partial charge is 0.262 e. The number of carbonyl (C=O) groups is 3. The van der Waals surface area contributed by atoms with Gasteiger partial charge in [-0.2, -0.15) is 5.10 Å². The number of piperidine rings is 1. The van der Waals surface area contributed by atoms with Crippen LogP contribution in [-0.4, -0.2) is 98.0 Å². The summed E-state index contributed by atoms with van der Waals surface area (Å²) in [4.78, 5) is 40.1. The number of fused-ring (bicyclic) bond motifs is 1. The number of nitrogens with zero attached hydrogens (tertiary/aromatic N) is 4. The first-order valence-corrected chi connectivity index (χ1v) is 19.7. The van der Waals surface area contributed by atoms with Gasteiger partial charge in [-0.25, -0.2) is 15.0 Å². The van der Waals surface area contributed by atoms with Crippen LogP contribution in [0.5, 0.6) is 0 Å². The van der Waals surface area contributed by atoms with Gasteiger partial charge >= 0.3 is 0 Å². The molecule has 1 fully saturated rings. The third-order valence-corrected chi connectivity index (χ3v) is 8.62. The molecule has 2 aliphatic heterocycles. The van der Waals surface area contributed by atoms with E-state index in [-0.39, 0.29) is 31.0 Å². The van der Waals surface area contributed by atoms with E-state index in [9.17, 15) is 14.4 Å². The number of hydrazone groups is 1. The Labute approximate surface area is 293 Å². The molecule has 12 heteroatoms. The minimum Gasteiger partial charge on any atom is -0.360 e. The molecule has 0 aromatic heterocycles. The first kappa shape index (κ1) is 42.0. The molecular weight excluding hydrogens is 657 g/mol. The summed E-state index contributed by atoms with van der Waals surface area (Å²) in [5, 5.41) is 9.74. The Kier molecular flexibility index (Phi) is 20.8. The Morgan fingerprint density at radius 3 is 2.34 bits per heavy atom. The highest BCUT2D eigenvalue weighted by Crippen LogP contribution is 2.34. The van der Waals surface area contributed by atoms with Crippen molar-refractivity contribution in [3.63, 3.8) is 0 Å². The summed E-state index contributed by atoms with van der Waals surface area (Å²) >= 11 is 11.7. The van der Waals surface area contributed by atoms with E-state index in [0.717, 1.165) is 23.0 Å². The number of amidine groups is 1. The summed E-state index contributed by atoms with van der Waals surface area (Å²) in [7, 11) is -0.691. The van der Waals surface area contributed by atoms with E-state index >= 15 is 0 Å². The first-order chi connectivity index (χ1) is 22.5. The molecule has 262 valence electrons. The summed E-state index contributed by atoms with van der Waals surface area (Å²) in [6.07, 6.45) is 11.5. The van der Waals surface area contributed by atoms with Crippen molar-refractivity contribution in [2.75, 3.05) is 68.9 Å². The summed E-state index contributed by atoms with van der Waals surface area (Å²) in [5.41, 5.74) is 0.698. The highest BCUT2D eigenvalue weighted by atomic mass is 35.5. The quantitative estimate of drug-likeness (QED) is 0.112. The number of allylic oxidation sites excluding steroid dienone is 1. The van der Waals surface area contributed by atoms with Crippen molar-refractivity contribution >= 4 is 63.0 Å². The van der Waals surface area contributed by atoms with Crippen LogP contribution in [0.3, 0.4) is 0 Å². The zero-order valence-corrected chi connectivity index (χ0v) is 31.1. The van der Waals surface area contributed by atoms with Crippen molar-refractivity contribution in [1.29, 1.82) is 0 Å². The van der Waals surface area contributed by atoms with Gasteiger partial charge in [0.1, 0.15) is 19.1 Å². The van der Waals surface area contributed by atoms with Gasteiger partial charge in [-0.3, -0.25) is 19.3 Å². The van der Waals surface area contributed by atoms with Crippen LogP contribution in [0.25, 0.3) is 0 Å². The van der Waals surface area contributed by atoms with Gasteiger partial charge in [0.05, 0.1) is 19.1 Å². The van der Waals surface area contributed by atoms with Gasteiger partial charge in [-0.1, -0.05) is 74.3 Å². The maximum atomic E-state index is 13.6. The largest absolute Gasteiger partial charge is 0.360 e. The molecule has 2 heterocycles. The Bertz CT molecular complexity index is 1260. The number of carbonyl (C=O) groups excluding carboxylic acids is 3. The lowest BCUT2D eigenvalue weighted by Crippen LogP contribution is -2.54. The number of nitrogens with one attached hydrogen (secondary N) is 1. The van der Waals surface area contributed by atoms with Crippen LogP contribution in [0, 0.1) is 5.92 Å². The number of hydrogen-bond donors (Lipinski definition) is 1. The van der Waals surface area contributed by atoms with Crippen molar-refractivity contribution in [3.8, 4) is 0 Å². The van der Waals surface area contributed by atoms with E-state index < -0.39 is 10.0 Å². The SMILES string of the molecule is C=CCC.CC.CS(C)(C)CCOCN(C(=O)C1CCC2=NN(CCNC=O)C(=O)CN2C1)c1cccc(Cl)c1.Clc1ccccc1. The molecule has 2 aliphatic rings. The number of benzene rings is 2. The third-order valence-electron chi connectivity index (χ3n) is 6.74. The minimum atomic E-state index is -0.691. The van der Waals surface area contributed by atoms with E-state index in [1.54, 1.807) is 17.0 Å². The van der Waals surface area contributed by atoms with Crippen LogP contribution >= 0.6 is 33.2 Å². The number of hydrogen-bond acceptors (Lipinski definition) is 6. The highest BCUT2D eigenvalue weighted by Gasteiger charge is 2.36. The zero-order chi connectivity index (χ0) is 35.2. The standard InChI is InChI=1S/C23H34ClN5O4S.C6H5Cl.C4H8.C2H6/c1-34(2,3)12-11-33-17-28(20-6-4-5-19(24)13-20)23(32)18-7-8-21-26-29(10-9-25-16-30)22(31)15-27(21)14-18;7-6-4-2-1-3-5-6;1-3-4-2;1-2/h4-6,13,16,18H,7-12,14-15,17H2,1-3H3,(H,25,30);1-5H;3H,1,4H2,2H3;1-2H3. The van der Waals surface area contributed by atoms with Crippen LogP contribution in [0.1, 0.15) is 40.0 Å². The van der Waals surface area contributed by atoms with Crippen molar-refractivity contribution < 1.29 is 19.1 Å². The maximum absolute atomic E-state index is 13.6. The topological polar surface area (TPSA) is 94.5 Å². The van der Waals surface area contributed by atoms with Crippen molar-refractivity contribution in [1.82, 2.24) is 15.2 Å². The van der Waals surface area contributed by atoms with Crippen molar-refractivity contribution in [3.05, 3.63) is 77.3 Å². The molecule has 0 radical (unpaired) electrons. The molecule has 2 aromatic carbocycles. The minimum absolute atomic E-state index is 0.0468. The predicted octanol–water partition coefficient (Wildman–Crippen LogP) is 6.90. The molecule has 9 nitrogen and oxygen atoms in total. The van der Waals surface area contributed by atoms with Gasteiger partial charge < -0.3 is 15.0 Å². The predicted molar refractivity (Wildman–Crippen MR) is 201 cm³/mol. The fourth-order valence-electron chi connectivity index (χ4n) is 4.25. The lowest BCUT2D eigenvalue weighted by atomic mass is 9.95. The summed E-state index contributed by atoms with van der Waals surface area (Å²) in [6, 6.07) is 16.7. The molecule has 0 saturated carbocycles. The van der Waals surface area contributed by atoms with Gasteiger partial charge in [0.25, 0.3) is 5.91 Å². The van der Waals surface area contributed by atoms with Gasteiger partial charge in [0, 0.05) is 41.0 Å². The molecule has 0 bridgehead atoms. The van der Waals surface area contributed by atoms with E-state index in [1.807, 2.05) is 67.3 Å². The molecule has 4 rings (SSSR count). The van der Waals surface area contributed by atoms with Crippen LogP contribution in [0.15, 0.2) is 72.4 Å². The Hall–Kier alpha value is -3.05. The molecule has 2 aromatic rings. The van der Waals surface area contributed by atoms with E-state index in [4.69, 9.17) is 27.9 Å². The fraction of sp³-hybridized carbons (Fsp3) is 0.486. The lowest BCUT2D eigenvalue weighted by molar-refractivity contribution is -0.134. The molecule has 1 atom stereocenters. The van der Waals surface area contributed by atoms with Crippen LogP contribution < -0.4 is 10.2 Å². The average molecular weight is 711 g/mol. The Morgan fingerprint density at radius 2 is 1.79 bits per heavy atom. The maximum Gasteiger partial charge on any atom is 0.262 e. The summed E-state index contributed by atoms with van der Waals surface area (Å²) < 4.78 is 5.92. The molecule has 0 spiro atoms. The average Bonchev–Trinajstić information content (AvgIpc) is 3.06. The molecule has 1 unspecified atom stereocenters. The molecule has 3 amide bonds. The number of amides is 3. The molecule has 1 saturated heterocycles. The number of rotatable bonds is 12. The normalized spacial score (nSPS) is 15.5. The van der Waals surface area contributed by atoms with E-state index in [0.29, 0.717) is 56.2 Å².